The molecule has 1 amide bonds. The van der Waals surface area contributed by atoms with E-state index in [0.717, 1.165) is 25.1 Å². The van der Waals surface area contributed by atoms with Gasteiger partial charge in [-0.3, -0.25) is 4.79 Å². The van der Waals surface area contributed by atoms with Crippen LogP contribution in [0.2, 0.25) is 0 Å². The zero-order valence-electron chi connectivity index (χ0n) is 13.8. The van der Waals surface area contributed by atoms with Gasteiger partial charge in [0.05, 0.1) is 25.2 Å². The first kappa shape index (κ1) is 16.7. The molecular formula is C20H24N2O2. The summed E-state index contributed by atoms with van der Waals surface area (Å²) in [5.41, 5.74) is 2.33. The summed E-state index contributed by atoms with van der Waals surface area (Å²) < 4.78 is 5.63. The van der Waals surface area contributed by atoms with E-state index in [1.165, 1.54) is 5.56 Å². The minimum absolute atomic E-state index is 0.0300. The second-order valence-electron chi connectivity index (χ2n) is 6.12. The molecule has 0 spiro atoms. The van der Waals surface area contributed by atoms with E-state index in [1.807, 2.05) is 36.4 Å². The molecule has 4 heteroatoms. The molecule has 0 bridgehead atoms. The fourth-order valence-electron chi connectivity index (χ4n) is 3.00. The molecule has 24 heavy (non-hydrogen) atoms. The highest BCUT2D eigenvalue weighted by molar-refractivity contribution is 5.77. The summed E-state index contributed by atoms with van der Waals surface area (Å²) in [6.07, 6.45) is 1.14. The van der Waals surface area contributed by atoms with Crippen molar-refractivity contribution < 1.29 is 9.53 Å². The first-order valence-corrected chi connectivity index (χ1v) is 8.52. The summed E-state index contributed by atoms with van der Waals surface area (Å²) in [6, 6.07) is 20.4. The molecule has 1 aliphatic heterocycles. The van der Waals surface area contributed by atoms with Gasteiger partial charge < -0.3 is 15.4 Å². The zero-order valence-corrected chi connectivity index (χ0v) is 13.8. The van der Waals surface area contributed by atoms with E-state index < -0.39 is 0 Å². The monoisotopic (exact) mass is 324 g/mol. The molecule has 0 aromatic heterocycles. The smallest absolute Gasteiger partial charge is 0.223 e. The van der Waals surface area contributed by atoms with Crippen LogP contribution in [0.3, 0.4) is 0 Å². The Hall–Kier alpha value is -2.17. The molecule has 126 valence electrons. The SMILES string of the molecule is O=C(C[C@@H]1CNCCO1)N[C@H](Cc1ccccc1)c1ccccc1. The van der Waals surface area contributed by atoms with Crippen LogP contribution in [0, 0.1) is 0 Å². The third kappa shape index (κ3) is 4.91. The number of amides is 1. The van der Waals surface area contributed by atoms with Crippen molar-refractivity contribution in [1.82, 2.24) is 10.6 Å². The van der Waals surface area contributed by atoms with Crippen molar-refractivity contribution in [3.05, 3.63) is 71.8 Å². The molecule has 4 nitrogen and oxygen atoms in total. The van der Waals surface area contributed by atoms with Crippen LogP contribution in [0.1, 0.15) is 23.6 Å². The summed E-state index contributed by atoms with van der Waals surface area (Å²) >= 11 is 0. The molecular weight excluding hydrogens is 300 g/mol. The second-order valence-corrected chi connectivity index (χ2v) is 6.12. The zero-order chi connectivity index (χ0) is 16.6. The van der Waals surface area contributed by atoms with Gasteiger partial charge in [0, 0.05) is 13.1 Å². The molecule has 3 rings (SSSR count). The number of ether oxygens (including phenoxy) is 1. The van der Waals surface area contributed by atoms with Gasteiger partial charge in [-0.1, -0.05) is 60.7 Å². The number of hydrogen-bond donors (Lipinski definition) is 2. The summed E-state index contributed by atoms with van der Waals surface area (Å²) in [7, 11) is 0. The highest BCUT2D eigenvalue weighted by Crippen LogP contribution is 2.19. The van der Waals surface area contributed by atoms with Gasteiger partial charge in [-0.15, -0.1) is 0 Å². The lowest BCUT2D eigenvalue weighted by molar-refractivity contribution is -0.125. The maximum Gasteiger partial charge on any atom is 0.223 e. The lowest BCUT2D eigenvalue weighted by Gasteiger charge is -2.25. The molecule has 0 saturated carbocycles. The Labute approximate surface area is 143 Å². The van der Waals surface area contributed by atoms with E-state index in [-0.39, 0.29) is 18.1 Å². The Morgan fingerprint density at radius 1 is 1.12 bits per heavy atom. The van der Waals surface area contributed by atoms with Gasteiger partial charge in [-0.25, -0.2) is 0 Å². The van der Waals surface area contributed by atoms with E-state index in [2.05, 4.69) is 34.9 Å². The summed E-state index contributed by atoms with van der Waals surface area (Å²) in [5, 5.41) is 6.44. The number of nitrogens with one attached hydrogen (secondary N) is 2. The minimum Gasteiger partial charge on any atom is -0.375 e. The summed E-state index contributed by atoms with van der Waals surface area (Å²) in [5.74, 6) is 0.0356. The van der Waals surface area contributed by atoms with Crippen LogP contribution in [-0.2, 0) is 16.0 Å². The summed E-state index contributed by atoms with van der Waals surface area (Å²) in [6.45, 7) is 2.27. The van der Waals surface area contributed by atoms with E-state index in [9.17, 15) is 4.79 Å². The van der Waals surface area contributed by atoms with Crippen molar-refractivity contribution in [2.45, 2.75) is 25.0 Å². The van der Waals surface area contributed by atoms with Crippen LogP contribution in [0.25, 0.3) is 0 Å². The van der Waals surface area contributed by atoms with Gasteiger partial charge in [-0.2, -0.15) is 0 Å². The molecule has 0 radical (unpaired) electrons. The number of carbonyl (C=O) groups excluding carboxylic acids is 1. The highest BCUT2D eigenvalue weighted by Gasteiger charge is 2.20. The lowest BCUT2D eigenvalue weighted by Crippen LogP contribution is -2.42. The molecule has 0 aliphatic carbocycles. The molecule has 2 N–H and O–H groups in total. The fourth-order valence-corrected chi connectivity index (χ4v) is 3.00. The molecule has 1 saturated heterocycles. The fraction of sp³-hybridized carbons (Fsp3) is 0.350. The average molecular weight is 324 g/mol. The molecule has 1 aliphatic rings. The van der Waals surface area contributed by atoms with Crippen LogP contribution in [-0.4, -0.2) is 31.7 Å². The molecule has 1 heterocycles. The number of benzene rings is 2. The number of carbonyl (C=O) groups is 1. The second kappa shape index (κ2) is 8.62. The van der Waals surface area contributed by atoms with Gasteiger partial charge in [-0.05, 0) is 17.5 Å². The molecule has 2 atom stereocenters. The van der Waals surface area contributed by atoms with Gasteiger partial charge in [0.15, 0.2) is 0 Å². The molecule has 2 aromatic carbocycles. The first-order chi connectivity index (χ1) is 11.8. The van der Waals surface area contributed by atoms with Crippen LogP contribution in [0.15, 0.2) is 60.7 Å². The number of morpholine rings is 1. The average Bonchev–Trinajstić information content (AvgIpc) is 2.63. The predicted octanol–water partition coefficient (Wildman–Crippen LogP) is 2.47. The minimum atomic E-state index is -0.0353. The highest BCUT2D eigenvalue weighted by atomic mass is 16.5. The van der Waals surface area contributed by atoms with E-state index in [0.29, 0.717) is 13.0 Å². The van der Waals surface area contributed by atoms with Crippen molar-refractivity contribution >= 4 is 5.91 Å². The standard InChI is InChI=1S/C20H24N2O2/c23-20(14-18-15-21-11-12-24-18)22-19(17-9-5-2-6-10-17)13-16-7-3-1-4-8-16/h1-10,18-19,21H,11-15H2,(H,22,23)/t18-,19-/m1/s1. The Kier molecular flexibility index (Phi) is 5.99. The molecule has 2 aromatic rings. The maximum atomic E-state index is 12.5. The Morgan fingerprint density at radius 3 is 2.50 bits per heavy atom. The van der Waals surface area contributed by atoms with Gasteiger partial charge in [0.1, 0.15) is 0 Å². The van der Waals surface area contributed by atoms with E-state index >= 15 is 0 Å². The van der Waals surface area contributed by atoms with E-state index in [1.54, 1.807) is 0 Å². The third-order valence-electron chi connectivity index (χ3n) is 4.24. The lowest BCUT2D eigenvalue weighted by atomic mass is 9.98. The van der Waals surface area contributed by atoms with E-state index in [4.69, 9.17) is 4.74 Å². The van der Waals surface area contributed by atoms with Crippen LogP contribution in [0.5, 0.6) is 0 Å². The van der Waals surface area contributed by atoms with Crippen molar-refractivity contribution in [3.8, 4) is 0 Å². The normalized spacial score (nSPS) is 18.8. The van der Waals surface area contributed by atoms with Crippen LogP contribution < -0.4 is 10.6 Å². The van der Waals surface area contributed by atoms with Crippen molar-refractivity contribution in [1.29, 1.82) is 0 Å². The topological polar surface area (TPSA) is 50.4 Å². The third-order valence-corrected chi connectivity index (χ3v) is 4.24. The first-order valence-electron chi connectivity index (χ1n) is 8.52. The summed E-state index contributed by atoms with van der Waals surface area (Å²) in [4.78, 5) is 12.5. The Bertz CT molecular complexity index is 625. The predicted molar refractivity (Wildman–Crippen MR) is 94.7 cm³/mol. The van der Waals surface area contributed by atoms with Crippen molar-refractivity contribution in [2.75, 3.05) is 19.7 Å². The Morgan fingerprint density at radius 2 is 1.83 bits per heavy atom. The Balaban J connectivity index is 1.66. The van der Waals surface area contributed by atoms with Gasteiger partial charge >= 0.3 is 0 Å². The van der Waals surface area contributed by atoms with Gasteiger partial charge in [0.25, 0.3) is 0 Å². The number of hydrogen-bond acceptors (Lipinski definition) is 3. The maximum absolute atomic E-state index is 12.5. The van der Waals surface area contributed by atoms with Crippen molar-refractivity contribution in [2.24, 2.45) is 0 Å². The molecule has 0 unspecified atom stereocenters. The molecule has 1 fully saturated rings. The largest absolute Gasteiger partial charge is 0.375 e. The quantitative estimate of drug-likeness (QED) is 0.858. The number of rotatable bonds is 6. The van der Waals surface area contributed by atoms with Crippen LogP contribution in [0.4, 0.5) is 0 Å². The van der Waals surface area contributed by atoms with Crippen molar-refractivity contribution in [3.63, 3.8) is 0 Å². The van der Waals surface area contributed by atoms with Crippen LogP contribution >= 0.6 is 0 Å². The van der Waals surface area contributed by atoms with Gasteiger partial charge in [0.2, 0.25) is 5.91 Å².